The highest BCUT2D eigenvalue weighted by atomic mass is 35.5. The van der Waals surface area contributed by atoms with Gasteiger partial charge in [0, 0.05) is 49.9 Å². The fraction of sp³-hybridized carbons (Fsp3) is 0.235. The van der Waals surface area contributed by atoms with Gasteiger partial charge in [-0.25, -0.2) is 4.98 Å². The molecule has 1 fully saturated rings. The maximum Gasteiger partial charge on any atom is 0.246 e. The summed E-state index contributed by atoms with van der Waals surface area (Å²) in [4.78, 5) is 21.5. The molecule has 4 aromatic rings. The summed E-state index contributed by atoms with van der Waals surface area (Å²) in [6.07, 6.45) is 5.20. The lowest BCUT2D eigenvalue weighted by molar-refractivity contribution is -0.127. The van der Waals surface area contributed by atoms with E-state index in [-0.39, 0.29) is 5.91 Å². The number of rotatable bonds is 9. The zero-order valence-corrected chi connectivity index (χ0v) is 24.2. The Kier molecular flexibility index (Phi) is 9.34. The van der Waals surface area contributed by atoms with Crippen LogP contribution in [0.15, 0.2) is 91.1 Å². The second-order valence-corrected chi connectivity index (χ2v) is 10.7. The van der Waals surface area contributed by atoms with Crippen LogP contribution in [0.4, 0.5) is 0 Å². The SMILES string of the molecule is Cc1ccc(COc2ccc(Oc3ccc(/C=C/C(=O)N4CCN(Cc5ccc(Cl)cc5)CC4)c(C)c3)nc2)cc1. The first kappa shape index (κ1) is 28.4. The van der Waals surface area contributed by atoms with Gasteiger partial charge in [-0.1, -0.05) is 59.6 Å². The van der Waals surface area contributed by atoms with Gasteiger partial charge in [-0.15, -0.1) is 0 Å². The van der Waals surface area contributed by atoms with Crippen LogP contribution in [0.1, 0.15) is 27.8 Å². The Morgan fingerprint density at radius 1 is 0.878 bits per heavy atom. The number of benzene rings is 3. The molecule has 1 saturated heterocycles. The number of aromatic nitrogens is 1. The van der Waals surface area contributed by atoms with Crippen LogP contribution in [0.5, 0.6) is 17.4 Å². The van der Waals surface area contributed by atoms with E-state index in [2.05, 4.69) is 53.2 Å². The maximum absolute atomic E-state index is 12.8. The zero-order valence-electron chi connectivity index (χ0n) is 23.4. The van der Waals surface area contributed by atoms with Crippen LogP contribution in [0.25, 0.3) is 6.08 Å². The molecule has 0 bridgehead atoms. The van der Waals surface area contributed by atoms with Crippen molar-refractivity contribution in [3.8, 4) is 17.4 Å². The van der Waals surface area contributed by atoms with E-state index in [0.29, 0.717) is 37.1 Å². The highest BCUT2D eigenvalue weighted by Gasteiger charge is 2.19. The lowest BCUT2D eigenvalue weighted by Gasteiger charge is -2.34. The number of amides is 1. The van der Waals surface area contributed by atoms with Crippen molar-refractivity contribution in [3.05, 3.63) is 124 Å². The fourth-order valence-corrected chi connectivity index (χ4v) is 4.75. The van der Waals surface area contributed by atoms with Crippen molar-refractivity contribution in [3.63, 3.8) is 0 Å². The Labute approximate surface area is 246 Å². The summed E-state index contributed by atoms with van der Waals surface area (Å²) in [5, 5.41) is 0.746. The Morgan fingerprint density at radius 2 is 1.59 bits per heavy atom. The summed E-state index contributed by atoms with van der Waals surface area (Å²) in [5.74, 6) is 1.89. The van der Waals surface area contributed by atoms with Crippen LogP contribution in [0, 0.1) is 13.8 Å². The van der Waals surface area contributed by atoms with E-state index in [1.807, 2.05) is 54.3 Å². The molecule has 0 radical (unpaired) electrons. The minimum absolute atomic E-state index is 0.0322. The third kappa shape index (κ3) is 8.19. The molecule has 0 aliphatic carbocycles. The summed E-state index contributed by atoms with van der Waals surface area (Å²) < 4.78 is 11.8. The average Bonchev–Trinajstić information content (AvgIpc) is 2.99. The van der Waals surface area contributed by atoms with Crippen molar-refractivity contribution in [2.75, 3.05) is 26.2 Å². The van der Waals surface area contributed by atoms with Gasteiger partial charge in [-0.05, 0) is 72.5 Å². The molecule has 1 aromatic heterocycles. The smallest absolute Gasteiger partial charge is 0.246 e. The van der Waals surface area contributed by atoms with E-state index < -0.39 is 0 Å². The minimum Gasteiger partial charge on any atom is -0.487 e. The van der Waals surface area contributed by atoms with E-state index in [9.17, 15) is 4.79 Å². The molecule has 0 atom stereocenters. The Balaban J connectivity index is 1.09. The van der Waals surface area contributed by atoms with Crippen molar-refractivity contribution in [1.82, 2.24) is 14.8 Å². The normalized spacial score (nSPS) is 13.9. The molecular weight excluding hydrogens is 534 g/mol. The third-order valence-electron chi connectivity index (χ3n) is 7.11. The lowest BCUT2D eigenvalue weighted by atomic mass is 10.1. The van der Waals surface area contributed by atoms with Crippen molar-refractivity contribution in [2.45, 2.75) is 27.0 Å². The van der Waals surface area contributed by atoms with Crippen molar-refractivity contribution in [1.29, 1.82) is 0 Å². The predicted octanol–water partition coefficient (Wildman–Crippen LogP) is 7.08. The number of carbonyl (C=O) groups is 1. The molecule has 41 heavy (non-hydrogen) atoms. The van der Waals surface area contributed by atoms with E-state index in [1.54, 1.807) is 18.3 Å². The second-order valence-electron chi connectivity index (χ2n) is 10.3. The van der Waals surface area contributed by atoms with Crippen molar-refractivity contribution < 1.29 is 14.3 Å². The summed E-state index contributed by atoms with van der Waals surface area (Å²) in [7, 11) is 0. The van der Waals surface area contributed by atoms with Gasteiger partial charge in [0.05, 0.1) is 6.20 Å². The van der Waals surface area contributed by atoms with E-state index >= 15 is 0 Å². The molecule has 1 amide bonds. The van der Waals surface area contributed by atoms with Crippen molar-refractivity contribution in [2.24, 2.45) is 0 Å². The van der Waals surface area contributed by atoms with Crippen LogP contribution in [0.3, 0.4) is 0 Å². The molecule has 2 heterocycles. The molecule has 210 valence electrons. The van der Waals surface area contributed by atoms with Crippen molar-refractivity contribution >= 4 is 23.6 Å². The van der Waals surface area contributed by atoms with Crippen LogP contribution >= 0.6 is 11.6 Å². The standard InChI is InChI=1S/C34H34ClN3O3/c1-25-3-5-28(6-4-25)24-40-32-14-15-33(36-22-32)41-31-13-9-29(26(2)21-31)10-16-34(39)38-19-17-37(18-20-38)23-27-7-11-30(35)12-8-27/h3-16,21-22H,17-20,23-24H2,1-2H3/b16-10+. The summed E-state index contributed by atoms with van der Waals surface area (Å²) in [6.45, 7) is 8.54. The quantitative estimate of drug-likeness (QED) is 0.202. The number of piperazine rings is 1. The number of hydrogen-bond acceptors (Lipinski definition) is 5. The second kappa shape index (κ2) is 13.5. The summed E-state index contributed by atoms with van der Waals surface area (Å²) in [5.41, 5.74) is 5.54. The number of aryl methyl sites for hydroxylation is 2. The maximum atomic E-state index is 12.8. The van der Waals surface area contributed by atoms with Crippen LogP contribution in [-0.4, -0.2) is 46.9 Å². The Morgan fingerprint density at radius 3 is 2.27 bits per heavy atom. The van der Waals surface area contributed by atoms with E-state index in [1.165, 1.54) is 11.1 Å². The first-order chi connectivity index (χ1) is 19.9. The number of hydrogen-bond donors (Lipinski definition) is 0. The topological polar surface area (TPSA) is 54.9 Å². The molecular formula is C34H34ClN3O3. The first-order valence-corrected chi connectivity index (χ1v) is 14.2. The molecule has 1 aliphatic rings. The highest BCUT2D eigenvalue weighted by molar-refractivity contribution is 6.30. The molecule has 7 heteroatoms. The molecule has 0 N–H and O–H groups in total. The van der Waals surface area contributed by atoms with Gasteiger partial charge in [0.1, 0.15) is 18.1 Å². The van der Waals surface area contributed by atoms with Crippen LogP contribution in [0.2, 0.25) is 5.02 Å². The van der Waals surface area contributed by atoms with Gasteiger partial charge >= 0.3 is 0 Å². The monoisotopic (exact) mass is 567 g/mol. The zero-order chi connectivity index (χ0) is 28.6. The largest absolute Gasteiger partial charge is 0.487 e. The fourth-order valence-electron chi connectivity index (χ4n) is 4.62. The summed E-state index contributed by atoms with van der Waals surface area (Å²) in [6, 6.07) is 25.6. The Bertz CT molecular complexity index is 1480. The van der Waals surface area contributed by atoms with E-state index in [4.69, 9.17) is 21.1 Å². The van der Waals surface area contributed by atoms with Gasteiger partial charge in [0.15, 0.2) is 0 Å². The first-order valence-electron chi connectivity index (χ1n) is 13.8. The van der Waals surface area contributed by atoms with Gasteiger partial charge < -0.3 is 14.4 Å². The molecule has 0 spiro atoms. The highest BCUT2D eigenvalue weighted by Crippen LogP contribution is 2.25. The van der Waals surface area contributed by atoms with Gasteiger partial charge in [0.25, 0.3) is 0 Å². The number of pyridine rings is 1. The molecule has 5 rings (SSSR count). The molecule has 6 nitrogen and oxygen atoms in total. The summed E-state index contributed by atoms with van der Waals surface area (Å²) >= 11 is 5.99. The number of ether oxygens (including phenoxy) is 2. The van der Waals surface area contributed by atoms with Gasteiger partial charge in [-0.3, -0.25) is 9.69 Å². The van der Waals surface area contributed by atoms with E-state index in [0.717, 1.165) is 41.3 Å². The molecule has 1 aliphatic heterocycles. The number of carbonyl (C=O) groups excluding carboxylic acids is 1. The number of halogens is 1. The molecule has 0 saturated carbocycles. The molecule has 3 aromatic carbocycles. The van der Waals surface area contributed by atoms with Crippen LogP contribution in [-0.2, 0) is 17.9 Å². The Hall–Kier alpha value is -4.13. The lowest BCUT2D eigenvalue weighted by Crippen LogP contribution is -2.47. The minimum atomic E-state index is 0.0322. The predicted molar refractivity (Wildman–Crippen MR) is 163 cm³/mol. The number of nitrogens with zero attached hydrogens (tertiary/aromatic N) is 3. The molecule has 0 unspecified atom stereocenters. The van der Waals surface area contributed by atoms with Crippen LogP contribution < -0.4 is 9.47 Å². The third-order valence-corrected chi connectivity index (χ3v) is 7.36. The van der Waals surface area contributed by atoms with Gasteiger partial charge in [-0.2, -0.15) is 0 Å². The average molecular weight is 568 g/mol. The van der Waals surface area contributed by atoms with Gasteiger partial charge in [0.2, 0.25) is 11.8 Å².